The number of ether oxygens (including phenoxy) is 2. The molecule has 0 aliphatic heterocycles. The molecular formula is C24H23FN2O5. The van der Waals surface area contributed by atoms with E-state index in [1.54, 1.807) is 18.2 Å². The second-order valence-corrected chi connectivity index (χ2v) is 7.22. The Morgan fingerprint density at radius 2 is 1.72 bits per heavy atom. The maximum Gasteiger partial charge on any atom is 0.340 e. The number of hydrogen-bond acceptors (Lipinski definition) is 5. The summed E-state index contributed by atoms with van der Waals surface area (Å²) in [6.07, 6.45) is 0. The first-order chi connectivity index (χ1) is 15.3. The molecule has 0 atom stereocenters. The number of carbonyl (C=O) groups is 3. The van der Waals surface area contributed by atoms with Crippen molar-refractivity contribution in [1.29, 1.82) is 0 Å². The maximum atomic E-state index is 13.9. The van der Waals surface area contributed by atoms with Crippen molar-refractivity contribution in [3.63, 3.8) is 0 Å². The number of likely N-dealkylation sites (N-methyl/N-ethyl adjacent to an activating group) is 1. The van der Waals surface area contributed by atoms with Crippen LogP contribution in [0.5, 0.6) is 5.75 Å². The summed E-state index contributed by atoms with van der Waals surface area (Å²) in [4.78, 5) is 38.0. The van der Waals surface area contributed by atoms with Crippen LogP contribution in [0.2, 0.25) is 0 Å². The van der Waals surface area contributed by atoms with Crippen LogP contribution in [0, 0.1) is 5.82 Å². The van der Waals surface area contributed by atoms with Gasteiger partial charge in [0.2, 0.25) is 5.91 Å². The average molecular weight is 438 g/mol. The molecule has 0 aliphatic carbocycles. The zero-order chi connectivity index (χ0) is 23.3. The first-order valence-electron chi connectivity index (χ1n) is 9.82. The molecule has 3 aromatic rings. The second-order valence-electron chi connectivity index (χ2n) is 7.22. The number of rotatable bonds is 7. The minimum Gasteiger partial charge on any atom is -0.494 e. The minimum absolute atomic E-state index is 0.113. The van der Waals surface area contributed by atoms with Crippen LogP contribution in [0.25, 0.3) is 10.8 Å². The molecule has 0 spiro atoms. The summed E-state index contributed by atoms with van der Waals surface area (Å²) < 4.78 is 23.9. The molecule has 0 aliphatic rings. The fraction of sp³-hybridized carbons (Fsp3) is 0.208. The monoisotopic (exact) mass is 438 g/mol. The third-order valence-corrected chi connectivity index (χ3v) is 4.80. The fourth-order valence-electron chi connectivity index (χ4n) is 3.19. The molecule has 0 fully saturated rings. The van der Waals surface area contributed by atoms with Gasteiger partial charge in [-0.15, -0.1) is 0 Å². The quantitative estimate of drug-likeness (QED) is 0.568. The highest BCUT2D eigenvalue weighted by atomic mass is 19.1. The number of carbonyl (C=O) groups excluding carboxylic acids is 3. The van der Waals surface area contributed by atoms with Crippen molar-refractivity contribution in [2.24, 2.45) is 0 Å². The Morgan fingerprint density at radius 3 is 2.34 bits per heavy atom. The van der Waals surface area contributed by atoms with Gasteiger partial charge < -0.3 is 19.7 Å². The lowest BCUT2D eigenvalue weighted by molar-refractivity contribution is -0.133. The van der Waals surface area contributed by atoms with Gasteiger partial charge in [0.15, 0.2) is 18.2 Å². The van der Waals surface area contributed by atoms with Crippen LogP contribution in [0.1, 0.15) is 22.8 Å². The lowest BCUT2D eigenvalue weighted by Gasteiger charge is -2.18. The molecule has 32 heavy (non-hydrogen) atoms. The molecule has 166 valence electrons. The van der Waals surface area contributed by atoms with Crippen LogP contribution in [0.15, 0.2) is 54.6 Å². The predicted molar refractivity (Wildman–Crippen MR) is 118 cm³/mol. The van der Waals surface area contributed by atoms with Crippen molar-refractivity contribution in [2.75, 3.05) is 26.1 Å². The Labute approximate surface area is 184 Å². The number of nitrogens with one attached hydrogen (secondary N) is 1. The van der Waals surface area contributed by atoms with E-state index in [9.17, 15) is 18.8 Å². The molecule has 0 radical (unpaired) electrons. The standard InChI is InChI=1S/C24H23FN2O5/c1-15(28)26-21-12-18-7-5-4-6-17(18)11-19(21)24(30)32-14-23(29)27(2)13-16-8-9-22(31-3)20(25)10-16/h4-12H,13-14H2,1-3H3,(H,26,28). The van der Waals surface area contributed by atoms with Crippen molar-refractivity contribution >= 4 is 34.2 Å². The number of benzene rings is 3. The molecule has 3 aromatic carbocycles. The van der Waals surface area contributed by atoms with Gasteiger partial charge in [0.05, 0.1) is 18.4 Å². The predicted octanol–water partition coefficient (Wildman–Crippen LogP) is 3.76. The Kier molecular flexibility index (Phi) is 7.04. The Hall–Kier alpha value is -3.94. The van der Waals surface area contributed by atoms with Crippen molar-refractivity contribution in [1.82, 2.24) is 4.90 Å². The molecule has 0 bridgehead atoms. The lowest BCUT2D eigenvalue weighted by atomic mass is 10.0. The highest BCUT2D eigenvalue weighted by Gasteiger charge is 2.18. The van der Waals surface area contributed by atoms with Gasteiger partial charge >= 0.3 is 5.97 Å². The van der Waals surface area contributed by atoms with Crippen molar-refractivity contribution in [2.45, 2.75) is 13.5 Å². The van der Waals surface area contributed by atoms with Crippen LogP contribution in [-0.2, 0) is 20.9 Å². The summed E-state index contributed by atoms with van der Waals surface area (Å²) in [5.41, 5.74) is 1.01. The third-order valence-electron chi connectivity index (χ3n) is 4.80. The zero-order valence-corrected chi connectivity index (χ0v) is 18.0. The largest absolute Gasteiger partial charge is 0.494 e. The highest BCUT2D eigenvalue weighted by molar-refractivity contribution is 6.05. The van der Waals surface area contributed by atoms with E-state index in [1.807, 2.05) is 24.3 Å². The van der Waals surface area contributed by atoms with E-state index in [0.717, 1.165) is 10.8 Å². The first-order valence-corrected chi connectivity index (χ1v) is 9.82. The Bertz CT molecular complexity index is 1180. The van der Waals surface area contributed by atoms with E-state index in [1.165, 1.54) is 38.1 Å². The van der Waals surface area contributed by atoms with E-state index >= 15 is 0 Å². The molecule has 0 aromatic heterocycles. The molecule has 8 heteroatoms. The third kappa shape index (κ3) is 5.40. The van der Waals surface area contributed by atoms with E-state index in [2.05, 4.69) is 5.32 Å². The zero-order valence-electron chi connectivity index (χ0n) is 18.0. The number of fused-ring (bicyclic) bond motifs is 1. The SMILES string of the molecule is COc1ccc(CN(C)C(=O)COC(=O)c2cc3ccccc3cc2NC(C)=O)cc1F. The van der Waals surface area contributed by atoms with Crippen LogP contribution >= 0.6 is 0 Å². The topological polar surface area (TPSA) is 84.9 Å². The summed E-state index contributed by atoms with van der Waals surface area (Å²) in [6, 6.07) is 15.1. The molecule has 0 saturated heterocycles. The normalized spacial score (nSPS) is 10.5. The number of halogens is 1. The molecular weight excluding hydrogens is 415 g/mol. The Balaban J connectivity index is 1.69. The van der Waals surface area contributed by atoms with Crippen molar-refractivity contribution in [3.05, 3.63) is 71.5 Å². The van der Waals surface area contributed by atoms with Crippen molar-refractivity contribution in [3.8, 4) is 5.75 Å². The van der Waals surface area contributed by atoms with Gasteiger partial charge in [-0.05, 0) is 40.6 Å². The van der Waals surface area contributed by atoms with Gasteiger partial charge in [0, 0.05) is 20.5 Å². The van der Waals surface area contributed by atoms with E-state index in [4.69, 9.17) is 9.47 Å². The van der Waals surface area contributed by atoms with Gasteiger partial charge in [0.1, 0.15) is 0 Å². The minimum atomic E-state index is -0.739. The van der Waals surface area contributed by atoms with Crippen LogP contribution in [-0.4, -0.2) is 43.4 Å². The number of anilines is 1. The molecule has 0 unspecified atom stereocenters. The second kappa shape index (κ2) is 9.91. The van der Waals surface area contributed by atoms with Gasteiger partial charge in [-0.3, -0.25) is 9.59 Å². The van der Waals surface area contributed by atoms with E-state index in [0.29, 0.717) is 11.3 Å². The van der Waals surface area contributed by atoms with Crippen LogP contribution < -0.4 is 10.1 Å². The number of methoxy groups -OCH3 is 1. The van der Waals surface area contributed by atoms with Crippen LogP contribution in [0.4, 0.5) is 10.1 Å². The first kappa shape index (κ1) is 22.7. The number of nitrogens with zero attached hydrogens (tertiary/aromatic N) is 1. The molecule has 0 heterocycles. The molecule has 0 saturated carbocycles. The smallest absolute Gasteiger partial charge is 0.340 e. The van der Waals surface area contributed by atoms with E-state index < -0.39 is 24.3 Å². The van der Waals surface area contributed by atoms with Crippen LogP contribution in [0.3, 0.4) is 0 Å². The van der Waals surface area contributed by atoms with E-state index in [-0.39, 0.29) is 23.8 Å². The summed E-state index contributed by atoms with van der Waals surface area (Å²) in [5, 5.41) is 4.26. The number of hydrogen-bond donors (Lipinski definition) is 1. The lowest BCUT2D eigenvalue weighted by Crippen LogP contribution is -2.31. The average Bonchev–Trinajstić information content (AvgIpc) is 2.76. The molecule has 3 rings (SSSR count). The maximum absolute atomic E-state index is 13.9. The molecule has 2 amide bonds. The molecule has 1 N–H and O–H groups in total. The van der Waals surface area contributed by atoms with Gasteiger partial charge in [-0.25, -0.2) is 9.18 Å². The van der Waals surface area contributed by atoms with Gasteiger partial charge in [0.25, 0.3) is 5.91 Å². The Morgan fingerprint density at radius 1 is 1.03 bits per heavy atom. The van der Waals surface area contributed by atoms with Crippen molar-refractivity contribution < 1.29 is 28.2 Å². The summed E-state index contributed by atoms with van der Waals surface area (Å²) in [7, 11) is 2.89. The van der Waals surface area contributed by atoms with Gasteiger partial charge in [-0.1, -0.05) is 30.3 Å². The fourth-order valence-corrected chi connectivity index (χ4v) is 3.19. The highest BCUT2D eigenvalue weighted by Crippen LogP contribution is 2.25. The number of amides is 2. The van der Waals surface area contributed by atoms with Gasteiger partial charge in [-0.2, -0.15) is 0 Å². The summed E-state index contributed by atoms with van der Waals surface area (Å²) in [5.74, 6) is -1.95. The molecule has 7 nitrogen and oxygen atoms in total. The summed E-state index contributed by atoms with van der Waals surface area (Å²) >= 11 is 0. The summed E-state index contributed by atoms with van der Waals surface area (Å²) in [6.45, 7) is 0.968. The number of esters is 1.